The molecule has 0 bridgehead atoms. The van der Waals surface area contributed by atoms with Crippen molar-refractivity contribution in [1.82, 2.24) is 19.8 Å². The van der Waals surface area contributed by atoms with Crippen LogP contribution < -0.4 is 5.32 Å². The lowest BCUT2D eigenvalue weighted by Crippen LogP contribution is -2.39. The smallest absolute Gasteiger partial charge is 0.317 e. The van der Waals surface area contributed by atoms with Crippen molar-refractivity contribution in [2.24, 2.45) is 0 Å². The van der Waals surface area contributed by atoms with Crippen molar-refractivity contribution in [1.29, 1.82) is 0 Å². The van der Waals surface area contributed by atoms with Crippen LogP contribution in [0.2, 0.25) is 0 Å². The van der Waals surface area contributed by atoms with E-state index in [0.29, 0.717) is 32.3 Å². The lowest BCUT2D eigenvalue weighted by Gasteiger charge is -2.19. The van der Waals surface area contributed by atoms with E-state index in [-0.39, 0.29) is 24.3 Å². The van der Waals surface area contributed by atoms with Crippen LogP contribution in [-0.4, -0.2) is 52.7 Å². The van der Waals surface area contributed by atoms with Crippen molar-refractivity contribution in [3.63, 3.8) is 0 Å². The maximum absolute atomic E-state index is 12.2. The molecule has 24 heavy (non-hydrogen) atoms. The Morgan fingerprint density at radius 2 is 2.21 bits per heavy atom. The van der Waals surface area contributed by atoms with Crippen LogP contribution in [0, 0.1) is 6.92 Å². The number of ether oxygens (including phenoxy) is 1. The highest BCUT2D eigenvalue weighted by Gasteiger charge is 2.30. The summed E-state index contributed by atoms with van der Waals surface area (Å²) in [5.74, 6) is 1.03. The number of aromatic nitrogens is 2. The lowest BCUT2D eigenvalue weighted by molar-refractivity contribution is -0.142. The van der Waals surface area contributed by atoms with Gasteiger partial charge in [0, 0.05) is 43.5 Å². The largest absolute Gasteiger partial charge is 0.466 e. The number of rotatable bonds is 6. The van der Waals surface area contributed by atoms with Crippen LogP contribution in [0.25, 0.3) is 0 Å². The van der Waals surface area contributed by atoms with E-state index in [1.807, 2.05) is 6.20 Å². The minimum Gasteiger partial charge on any atom is -0.466 e. The van der Waals surface area contributed by atoms with Crippen LogP contribution in [0.5, 0.6) is 0 Å². The van der Waals surface area contributed by atoms with Crippen LogP contribution in [0.1, 0.15) is 57.1 Å². The van der Waals surface area contributed by atoms with Gasteiger partial charge in [-0.15, -0.1) is 0 Å². The molecular weight excluding hydrogens is 308 g/mol. The summed E-state index contributed by atoms with van der Waals surface area (Å²) in [6.07, 6.45) is 3.01. The minimum atomic E-state index is -0.286. The second kappa shape index (κ2) is 8.17. The van der Waals surface area contributed by atoms with Crippen LogP contribution in [0.3, 0.4) is 0 Å². The second-order valence-corrected chi connectivity index (χ2v) is 6.44. The predicted molar refractivity (Wildman–Crippen MR) is 90.9 cm³/mol. The molecule has 1 aromatic heterocycles. The fraction of sp³-hybridized carbons (Fsp3) is 0.706. The van der Waals surface area contributed by atoms with Gasteiger partial charge in [0.05, 0.1) is 13.0 Å². The number of urea groups is 1. The molecule has 0 radical (unpaired) electrons. The third kappa shape index (κ3) is 4.27. The number of hydrogen-bond acceptors (Lipinski definition) is 4. The molecule has 1 aromatic rings. The van der Waals surface area contributed by atoms with E-state index in [0.717, 1.165) is 17.9 Å². The number of aryl methyl sites for hydroxylation is 1. The molecule has 134 valence electrons. The van der Waals surface area contributed by atoms with Gasteiger partial charge in [0.15, 0.2) is 0 Å². The molecule has 1 fully saturated rings. The van der Waals surface area contributed by atoms with Crippen molar-refractivity contribution in [2.45, 2.75) is 52.5 Å². The SMILES string of the molecule is CCOC(=O)CCNC(=O)N1CCC(c2ncc(C)n2C(C)C)C1. The number of amides is 2. The Morgan fingerprint density at radius 3 is 2.88 bits per heavy atom. The Kier molecular flexibility index (Phi) is 6.23. The van der Waals surface area contributed by atoms with Crippen LogP contribution in [0.15, 0.2) is 6.20 Å². The average molecular weight is 336 g/mol. The summed E-state index contributed by atoms with van der Waals surface area (Å²) in [7, 11) is 0. The van der Waals surface area contributed by atoms with Gasteiger partial charge in [-0.1, -0.05) is 0 Å². The number of carbonyl (C=O) groups is 2. The Labute approximate surface area is 143 Å². The first-order valence-electron chi connectivity index (χ1n) is 8.66. The van der Waals surface area contributed by atoms with Gasteiger partial charge in [-0.25, -0.2) is 9.78 Å². The van der Waals surface area contributed by atoms with Gasteiger partial charge in [-0.2, -0.15) is 0 Å². The van der Waals surface area contributed by atoms with E-state index < -0.39 is 0 Å². The zero-order valence-corrected chi connectivity index (χ0v) is 15.0. The van der Waals surface area contributed by atoms with Crippen LogP contribution >= 0.6 is 0 Å². The molecule has 1 atom stereocenters. The number of imidazole rings is 1. The number of esters is 1. The number of hydrogen-bond donors (Lipinski definition) is 1. The molecular formula is C17H28N4O3. The molecule has 2 heterocycles. The molecule has 7 heteroatoms. The molecule has 2 rings (SSSR count). The molecule has 0 aromatic carbocycles. The molecule has 1 N–H and O–H groups in total. The van der Waals surface area contributed by atoms with Crippen LogP contribution in [-0.2, 0) is 9.53 Å². The molecule has 0 aliphatic carbocycles. The highest BCUT2D eigenvalue weighted by atomic mass is 16.5. The highest BCUT2D eigenvalue weighted by molar-refractivity contribution is 5.76. The first-order valence-corrected chi connectivity index (χ1v) is 8.66. The third-order valence-electron chi connectivity index (χ3n) is 4.28. The molecule has 1 aliphatic rings. The summed E-state index contributed by atoms with van der Waals surface area (Å²) in [5, 5.41) is 2.79. The maximum atomic E-state index is 12.2. The summed E-state index contributed by atoms with van der Waals surface area (Å²) < 4.78 is 7.09. The number of nitrogens with one attached hydrogen (secondary N) is 1. The summed E-state index contributed by atoms with van der Waals surface area (Å²) in [5.41, 5.74) is 1.15. The van der Waals surface area contributed by atoms with Crippen molar-refractivity contribution in [3.8, 4) is 0 Å². The van der Waals surface area contributed by atoms with Gasteiger partial charge in [-0.3, -0.25) is 4.79 Å². The molecule has 2 amide bonds. The van der Waals surface area contributed by atoms with Crippen LogP contribution in [0.4, 0.5) is 4.79 Å². The average Bonchev–Trinajstić information content (AvgIpc) is 3.13. The van der Waals surface area contributed by atoms with E-state index in [4.69, 9.17) is 4.74 Å². The van der Waals surface area contributed by atoms with Gasteiger partial charge in [-0.05, 0) is 34.1 Å². The Hall–Kier alpha value is -2.05. The third-order valence-corrected chi connectivity index (χ3v) is 4.28. The van der Waals surface area contributed by atoms with E-state index >= 15 is 0 Å². The standard InChI is InChI=1S/C17H28N4O3/c1-5-24-15(22)6-8-18-17(23)20-9-7-14(11-20)16-19-10-13(4)21(16)12(2)3/h10,12,14H,5-9,11H2,1-4H3,(H,18,23). The zero-order chi connectivity index (χ0) is 17.7. The van der Waals surface area contributed by atoms with Crippen molar-refractivity contribution in [3.05, 3.63) is 17.7 Å². The summed E-state index contributed by atoms with van der Waals surface area (Å²) in [6.45, 7) is 10.2. The van der Waals surface area contributed by atoms with Gasteiger partial charge >= 0.3 is 12.0 Å². The molecule has 1 unspecified atom stereocenters. The van der Waals surface area contributed by atoms with Gasteiger partial charge in [0.2, 0.25) is 0 Å². The summed E-state index contributed by atoms with van der Waals surface area (Å²) >= 11 is 0. The van der Waals surface area contributed by atoms with Gasteiger partial charge < -0.3 is 19.5 Å². The maximum Gasteiger partial charge on any atom is 0.317 e. The van der Waals surface area contributed by atoms with Crippen molar-refractivity contribution in [2.75, 3.05) is 26.2 Å². The fourth-order valence-electron chi connectivity index (χ4n) is 3.21. The van der Waals surface area contributed by atoms with Gasteiger partial charge in [0.1, 0.15) is 5.82 Å². The molecule has 0 saturated carbocycles. The topological polar surface area (TPSA) is 76.5 Å². The minimum absolute atomic E-state index is 0.124. The fourth-order valence-corrected chi connectivity index (χ4v) is 3.21. The molecule has 1 saturated heterocycles. The van der Waals surface area contributed by atoms with E-state index in [2.05, 4.69) is 35.6 Å². The Balaban J connectivity index is 1.87. The summed E-state index contributed by atoms with van der Waals surface area (Å²) in [6, 6.07) is 0.233. The molecule has 0 spiro atoms. The zero-order valence-electron chi connectivity index (χ0n) is 15.0. The van der Waals surface area contributed by atoms with Gasteiger partial charge in [0.25, 0.3) is 0 Å². The van der Waals surface area contributed by atoms with E-state index in [1.54, 1.807) is 11.8 Å². The normalized spacial score (nSPS) is 17.4. The molecule has 7 nitrogen and oxygen atoms in total. The number of carbonyl (C=O) groups excluding carboxylic acids is 2. The Morgan fingerprint density at radius 1 is 1.46 bits per heavy atom. The van der Waals surface area contributed by atoms with E-state index in [1.165, 1.54) is 0 Å². The second-order valence-electron chi connectivity index (χ2n) is 6.44. The van der Waals surface area contributed by atoms with Crippen molar-refractivity contribution >= 4 is 12.0 Å². The quantitative estimate of drug-likeness (QED) is 0.808. The predicted octanol–water partition coefficient (Wildman–Crippen LogP) is 2.22. The Bertz CT molecular complexity index is 582. The molecule has 1 aliphatic heterocycles. The lowest BCUT2D eigenvalue weighted by atomic mass is 10.1. The van der Waals surface area contributed by atoms with Crippen molar-refractivity contribution < 1.29 is 14.3 Å². The first kappa shape index (κ1) is 18.3. The first-order chi connectivity index (χ1) is 11.4. The summed E-state index contributed by atoms with van der Waals surface area (Å²) in [4.78, 5) is 29.9. The highest BCUT2D eigenvalue weighted by Crippen LogP contribution is 2.28. The number of likely N-dealkylation sites (tertiary alicyclic amines) is 1. The monoisotopic (exact) mass is 336 g/mol. The number of nitrogens with zero attached hydrogens (tertiary/aromatic N) is 3. The van der Waals surface area contributed by atoms with E-state index in [9.17, 15) is 9.59 Å².